The lowest BCUT2D eigenvalue weighted by Crippen LogP contribution is -2.31. The summed E-state index contributed by atoms with van der Waals surface area (Å²) in [5.74, 6) is 0. The fraction of sp³-hybridized carbons (Fsp3) is 0.529. The summed E-state index contributed by atoms with van der Waals surface area (Å²) >= 11 is 1.84. The Kier molecular flexibility index (Phi) is 3.30. The highest BCUT2D eigenvalue weighted by atomic mass is 32.1. The number of aromatic nitrogens is 1. The molecule has 2 N–H and O–H groups in total. The molecule has 0 radical (unpaired) electrons. The fourth-order valence-corrected chi connectivity index (χ4v) is 4.44. The standard InChI is InChI=1S/C17H24N2S/c1-11-8-13-14(18)9-17(3,4)10-15(13)19(11)12(2)16-6-5-7-20-16/h5-8,12,14H,9-10,18H2,1-4H3. The van der Waals surface area contributed by atoms with Crippen molar-refractivity contribution in [3.05, 3.63) is 45.4 Å². The maximum atomic E-state index is 6.41. The summed E-state index contributed by atoms with van der Waals surface area (Å²) in [5, 5.41) is 2.16. The van der Waals surface area contributed by atoms with Crippen LogP contribution in [0, 0.1) is 12.3 Å². The molecular weight excluding hydrogens is 264 g/mol. The second-order valence-electron chi connectivity index (χ2n) is 6.90. The van der Waals surface area contributed by atoms with Crippen molar-refractivity contribution in [2.45, 2.75) is 52.6 Å². The van der Waals surface area contributed by atoms with Crippen molar-refractivity contribution in [2.24, 2.45) is 11.1 Å². The van der Waals surface area contributed by atoms with Gasteiger partial charge in [-0.2, -0.15) is 0 Å². The van der Waals surface area contributed by atoms with Gasteiger partial charge < -0.3 is 10.3 Å². The van der Waals surface area contributed by atoms with Crippen LogP contribution in [0.1, 0.15) is 61.1 Å². The SMILES string of the molecule is Cc1cc2c(n1C(C)c1cccs1)CC(C)(C)CC2N. The predicted molar refractivity (Wildman–Crippen MR) is 86.3 cm³/mol. The van der Waals surface area contributed by atoms with Crippen LogP contribution < -0.4 is 5.73 Å². The number of hydrogen-bond acceptors (Lipinski definition) is 2. The van der Waals surface area contributed by atoms with E-state index >= 15 is 0 Å². The van der Waals surface area contributed by atoms with Crippen LogP contribution in [-0.4, -0.2) is 4.57 Å². The van der Waals surface area contributed by atoms with Gasteiger partial charge in [0.1, 0.15) is 0 Å². The van der Waals surface area contributed by atoms with Gasteiger partial charge in [-0.3, -0.25) is 0 Å². The molecule has 2 aromatic rings. The third kappa shape index (κ3) is 2.23. The number of nitrogens with two attached hydrogens (primary N) is 1. The summed E-state index contributed by atoms with van der Waals surface area (Å²) in [6, 6.07) is 7.26. The number of rotatable bonds is 2. The Morgan fingerprint density at radius 2 is 2.20 bits per heavy atom. The maximum Gasteiger partial charge on any atom is 0.0649 e. The Morgan fingerprint density at radius 3 is 2.85 bits per heavy atom. The Balaban J connectivity index is 2.09. The molecule has 2 heterocycles. The van der Waals surface area contributed by atoms with Crippen molar-refractivity contribution in [2.75, 3.05) is 0 Å². The van der Waals surface area contributed by atoms with Gasteiger partial charge >= 0.3 is 0 Å². The summed E-state index contributed by atoms with van der Waals surface area (Å²) in [4.78, 5) is 1.42. The predicted octanol–water partition coefficient (Wildman–Crippen LogP) is 4.44. The summed E-state index contributed by atoms with van der Waals surface area (Å²) in [6.07, 6.45) is 2.20. The molecule has 1 aliphatic carbocycles. The number of hydrogen-bond donors (Lipinski definition) is 1. The van der Waals surface area contributed by atoms with Crippen LogP contribution >= 0.6 is 11.3 Å². The summed E-state index contributed by atoms with van der Waals surface area (Å²) in [7, 11) is 0. The molecule has 0 saturated heterocycles. The Labute approximate surface area is 125 Å². The molecule has 0 fully saturated rings. The van der Waals surface area contributed by atoms with E-state index in [0.29, 0.717) is 11.5 Å². The van der Waals surface area contributed by atoms with Crippen LogP contribution in [0.3, 0.4) is 0 Å². The molecule has 108 valence electrons. The van der Waals surface area contributed by atoms with Crippen LogP contribution in [0.15, 0.2) is 23.6 Å². The van der Waals surface area contributed by atoms with Gasteiger partial charge in [-0.25, -0.2) is 0 Å². The first-order chi connectivity index (χ1) is 9.39. The van der Waals surface area contributed by atoms with E-state index in [4.69, 9.17) is 5.73 Å². The zero-order valence-corrected chi connectivity index (χ0v) is 13.6. The second-order valence-corrected chi connectivity index (χ2v) is 7.88. The molecule has 0 aliphatic heterocycles. The van der Waals surface area contributed by atoms with Crippen molar-refractivity contribution in [3.63, 3.8) is 0 Å². The van der Waals surface area contributed by atoms with Crippen LogP contribution in [0.25, 0.3) is 0 Å². The zero-order valence-electron chi connectivity index (χ0n) is 12.8. The quantitative estimate of drug-likeness (QED) is 0.870. The molecule has 0 saturated carbocycles. The normalized spacial score (nSPS) is 22.6. The molecule has 0 bridgehead atoms. The lowest BCUT2D eigenvalue weighted by atomic mass is 9.74. The van der Waals surface area contributed by atoms with Crippen LogP contribution in [0.2, 0.25) is 0 Å². The molecule has 0 amide bonds. The smallest absolute Gasteiger partial charge is 0.0649 e. The van der Waals surface area contributed by atoms with Gasteiger partial charge in [-0.1, -0.05) is 19.9 Å². The number of fused-ring (bicyclic) bond motifs is 1. The van der Waals surface area contributed by atoms with Crippen molar-refractivity contribution < 1.29 is 0 Å². The molecule has 0 spiro atoms. The van der Waals surface area contributed by atoms with Crippen molar-refractivity contribution in [1.82, 2.24) is 4.57 Å². The third-order valence-corrected chi connectivity index (χ3v) is 5.57. The van der Waals surface area contributed by atoms with Crippen molar-refractivity contribution in [1.29, 1.82) is 0 Å². The number of thiophene rings is 1. The first-order valence-electron chi connectivity index (χ1n) is 7.38. The molecule has 2 aromatic heterocycles. The van der Waals surface area contributed by atoms with E-state index in [1.54, 1.807) is 0 Å². The van der Waals surface area contributed by atoms with Gasteiger partial charge in [0.25, 0.3) is 0 Å². The molecule has 3 rings (SSSR count). The largest absolute Gasteiger partial charge is 0.341 e. The van der Waals surface area contributed by atoms with Gasteiger partial charge in [0, 0.05) is 22.3 Å². The van der Waals surface area contributed by atoms with E-state index in [2.05, 4.69) is 55.8 Å². The summed E-state index contributed by atoms with van der Waals surface area (Å²) in [6.45, 7) is 9.17. The average Bonchev–Trinajstić information content (AvgIpc) is 2.94. The highest BCUT2D eigenvalue weighted by Gasteiger charge is 2.34. The van der Waals surface area contributed by atoms with Gasteiger partial charge in [0.2, 0.25) is 0 Å². The third-order valence-electron chi connectivity index (χ3n) is 4.53. The lowest BCUT2D eigenvalue weighted by Gasteiger charge is -2.35. The van der Waals surface area contributed by atoms with Gasteiger partial charge in [0.15, 0.2) is 0 Å². The van der Waals surface area contributed by atoms with E-state index in [9.17, 15) is 0 Å². The first kappa shape index (κ1) is 13.9. The van der Waals surface area contributed by atoms with Crippen LogP contribution in [-0.2, 0) is 6.42 Å². The average molecular weight is 288 g/mol. The van der Waals surface area contributed by atoms with Gasteiger partial charge in [-0.05, 0) is 55.2 Å². The van der Waals surface area contributed by atoms with E-state index in [1.165, 1.54) is 21.8 Å². The van der Waals surface area contributed by atoms with Crippen LogP contribution in [0.4, 0.5) is 0 Å². The number of nitrogens with zero attached hydrogens (tertiary/aromatic N) is 1. The van der Waals surface area contributed by atoms with Gasteiger partial charge in [0.05, 0.1) is 6.04 Å². The summed E-state index contributed by atoms with van der Waals surface area (Å²) < 4.78 is 2.50. The Hall–Kier alpha value is -1.06. The Bertz CT molecular complexity index is 607. The maximum absolute atomic E-state index is 6.41. The molecule has 0 aromatic carbocycles. The highest BCUT2D eigenvalue weighted by Crippen LogP contribution is 2.42. The molecule has 1 aliphatic rings. The first-order valence-corrected chi connectivity index (χ1v) is 8.26. The van der Waals surface area contributed by atoms with E-state index in [0.717, 1.165) is 12.8 Å². The molecule has 2 nitrogen and oxygen atoms in total. The highest BCUT2D eigenvalue weighted by molar-refractivity contribution is 7.10. The number of aryl methyl sites for hydroxylation is 1. The molecular formula is C17H24N2S. The van der Waals surface area contributed by atoms with Crippen molar-refractivity contribution in [3.8, 4) is 0 Å². The van der Waals surface area contributed by atoms with Crippen molar-refractivity contribution >= 4 is 11.3 Å². The van der Waals surface area contributed by atoms with Gasteiger partial charge in [-0.15, -0.1) is 11.3 Å². The minimum absolute atomic E-state index is 0.184. The second kappa shape index (κ2) is 4.74. The topological polar surface area (TPSA) is 30.9 Å². The molecule has 20 heavy (non-hydrogen) atoms. The fourth-order valence-electron chi connectivity index (χ4n) is 3.66. The summed E-state index contributed by atoms with van der Waals surface area (Å²) in [5.41, 5.74) is 10.9. The molecule has 2 unspecified atom stereocenters. The van der Waals surface area contributed by atoms with E-state index in [1.807, 2.05) is 11.3 Å². The molecule has 2 atom stereocenters. The minimum Gasteiger partial charge on any atom is -0.341 e. The zero-order chi connectivity index (χ0) is 14.5. The lowest BCUT2D eigenvalue weighted by molar-refractivity contribution is 0.274. The van der Waals surface area contributed by atoms with E-state index < -0.39 is 0 Å². The van der Waals surface area contributed by atoms with Crippen LogP contribution in [0.5, 0.6) is 0 Å². The monoisotopic (exact) mass is 288 g/mol. The van der Waals surface area contributed by atoms with E-state index in [-0.39, 0.29) is 6.04 Å². The molecule has 3 heteroatoms. The Morgan fingerprint density at radius 1 is 1.45 bits per heavy atom. The minimum atomic E-state index is 0.184.